The van der Waals surface area contributed by atoms with Crippen molar-refractivity contribution in [2.24, 2.45) is 5.92 Å². The smallest absolute Gasteiger partial charge is 0.296 e. The minimum atomic E-state index is -4.35. The number of aryl methyl sites for hydroxylation is 1. The molecule has 0 aliphatic carbocycles. The van der Waals surface area contributed by atoms with E-state index in [1.54, 1.807) is 19.1 Å². The molecule has 1 amide bonds. The molecule has 1 N–H and O–H groups in total. The molecule has 0 radical (unpaired) electrons. The van der Waals surface area contributed by atoms with Gasteiger partial charge in [0, 0.05) is 13.0 Å². The van der Waals surface area contributed by atoms with Gasteiger partial charge in [-0.05, 0) is 36.3 Å². The molecular weight excluding hydrogens is 286 g/mol. The number of amides is 1. The maximum Gasteiger partial charge on any atom is 0.296 e. The molecule has 7 heteroatoms. The number of hydrogen-bond acceptors (Lipinski definition) is 4. The number of benzene rings is 1. The van der Waals surface area contributed by atoms with Crippen molar-refractivity contribution in [3.05, 3.63) is 23.8 Å². The number of hydrogen-bond donors (Lipinski definition) is 2. The van der Waals surface area contributed by atoms with Gasteiger partial charge in [0.2, 0.25) is 5.91 Å². The van der Waals surface area contributed by atoms with Gasteiger partial charge in [-0.3, -0.25) is 9.35 Å². The summed E-state index contributed by atoms with van der Waals surface area (Å²) in [6.45, 7) is 2.15. The van der Waals surface area contributed by atoms with Gasteiger partial charge in [-0.25, -0.2) is 0 Å². The van der Waals surface area contributed by atoms with Crippen LogP contribution in [0, 0.1) is 12.8 Å². The van der Waals surface area contributed by atoms with Crippen molar-refractivity contribution in [2.75, 3.05) is 17.2 Å². The van der Waals surface area contributed by atoms with Gasteiger partial charge in [-0.15, -0.1) is 0 Å². The van der Waals surface area contributed by atoms with Crippen molar-refractivity contribution in [1.29, 1.82) is 0 Å². The molecule has 0 aromatic heterocycles. The molecule has 1 aliphatic rings. The van der Waals surface area contributed by atoms with E-state index in [2.05, 4.69) is 12.6 Å². The highest BCUT2D eigenvalue weighted by molar-refractivity contribution is 7.86. The molecule has 1 aromatic carbocycles. The van der Waals surface area contributed by atoms with Gasteiger partial charge < -0.3 is 4.90 Å². The molecule has 0 saturated carbocycles. The highest BCUT2D eigenvalue weighted by Crippen LogP contribution is 2.31. The normalized spacial score (nSPS) is 20.1. The predicted octanol–water partition coefficient (Wildman–Crippen LogP) is 1.52. The number of carbonyl (C=O) groups excluding carboxylic acids is 1. The average molecular weight is 301 g/mol. The van der Waals surface area contributed by atoms with E-state index in [0.717, 1.165) is 0 Å². The molecule has 19 heavy (non-hydrogen) atoms. The number of rotatable bonds is 3. The van der Waals surface area contributed by atoms with Crippen LogP contribution >= 0.6 is 12.6 Å². The first-order valence-electron chi connectivity index (χ1n) is 5.82. The third-order valence-corrected chi connectivity index (χ3v) is 4.55. The topological polar surface area (TPSA) is 74.7 Å². The average Bonchev–Trinajstić information content (AvgIpc) is 2.69. The summed E-state index contributed by atoms with van der Waals surface area (Å²) in [5, 5.41) is 0. The lowest BCUT2D eigenvalue weighted by atomic mass is 10.1. The highest BCUT2D eigenvalue weighted by Gasteiger charge is 2.32. The zero-order valence-corrected chi connectivity index (χ0v) is 12.1. The summed E-state index contributed by atoms with van der Waals surface area (Å²) in [6.07, 6.45) is 0.349. The first-order valence-corrected chi connectivity index (χ1v) is 7.89. The van der Waals surface area contributed by atoms with Crippen LogP contribution in [0.2, 0.25) is 0 Å². The third kappa shape index (κ3) is 2.93. The van der Waals surface area contributed by atoms with E-state index in [-0.39, 0.29) is 22.4 Å². The third-order valence-electron chi connectivity index (χ3n) is 3.15. The molecule has 1 fully saturated rings. The number of anilines is 1. The largest absolute Gasteiger partial charge is 0.311 e. The van der Waals surface area contributed by atoms with Crippen molar-refractivity contribution in [1.82, 2.24) is 0 Å². The van der Waals surface area contributed by atoms with Gasteiger partial charge in [0.05, 0.1) is 5.69 Å². The van der Waals surface area contributed by atoms with Gasteiger partial charge in [-0.1, -0.05) is 6.07 Å². The first kappa shape index (κ1) is 14.4. The van der Waals surface area contributed by atoms with E-state index in [0.29, 0.717) is 24.3 Å². The SMILES string of the molecule is Cc1ccc(N2CC(CS)CC2=O)c(S(=O)(=O)O)c1. The zero-order valence-electron chi connectivity index (χ0n) is 10.4. The quantitative estimate of drug-likeness (QED) is 0.656. The number of nitrogens with zero attached hydrogens (tertiary/aromatic N) is 1. The lowest BCUT2D eigenvalue weighted by molar-refractivity contribution is -0.117. The Morgan fingerprint density at radius 3 is 2.68 bits per heavy atom. The molecule has 1 unspecified atom stereocenters. The van der Waals surface area contributed by atoms with Crippen LogP contribution in [-0.2, 0) is 14.9 Å². The summed E-state index contributed by atoms with van der Waals surface area (Å²) in [5.74, 6) is 0.522. The van der Waals surface area contributed by atoms with Crippen LogP contribution in [0.15, 0.2) is 23.1 Å². The minimum absolute atomic E-state index is 0.103. The first-order chi connectivity index (χ1) is 8.82. The molecular formula is C12H15NO4S2. The van der Waals surface area contributed by atoms with Crippen molar-refractivity contribution < 1.29 is 17.8 Å². The number of thiol groups is 1. The Labute approximate surface area is 117 Å². The summed E-state index contributed by atoms with van der Waals surface area (Å²) < 4.78 is 32.1. The summed E-state index contributed by atoms with van der Waals surface area (Å²) in [5.41, 5.74) is 0.941. The monoisotopic (exact) mass is 301 g/mol. The van der Waals surface area contributed by atoms with Crippen LogP contribution in [0.5, 0.6) is 0 Å². The molecule has 5 nitrogen and oxygen atoms in total. The van der Waals surface area contributed by atoms with Gasteiger partial charge in [0.15, 0.2) is 0 Å². The standard InChI is InChI=1S/C12H15NO4S2/c1-8-2-3-10(11(4-8)19(15,16)17)13-6-9(7-18)5-12(13)14/h2-4,9,18H,5-7H2,1H3,(H,15,16,17). The van der Waals surface area contributed by atoms with Crippen molar-refractivity contribution in [2.45, 2.75) is 18.2 Å². The van der Waals surface area contributed by atoms with Crippen LogP contribution in [0.1, 0.15) is 12.0 Å². The van der Waals surface area contributed by atoms with E-state index in [4.69, 9.17) is 0 Å². The zero-order chi connectivity index (χ0) is 14.2. The van der Waals surface area contributed by atoms with Gasteiger partial charge in [0.1, 0.15) is 4.90 Å². The predicted molar refractivity (Wildman–Crippen MR) is 75.3 cm³/mol. The van der Waals surface area contributed by atoms with Gasteiger partial charge in [-0.2, -0.15) is 21.0 Å². The molecule has 104 valence electrons. The molecule has 1 atom stereocenters. The minimum Gasteiger partial charge on any atom is -0.311 e. The Hall–Kier alpha value is -1.05. The van der Waals surface area contributed by atoms with E-state index in [1.807, 2.05) is 0 Å². The van der Waals surface area contributed by atoms with Crippen LogP contribution in [0.25, 0.3) is 0 Å². The fraction of sp³-hybridized carbons (Fsp3) is 0.417. The Bertz CT molecular complexity index is 612. The lowest BCUT2D eigenvalue weighted by Gasteiger charge is -2.19. The molecule has 1 heterocycles. The van der Waals surface area contributed by atoms with Gasteiger partial charge >= 0.3 is 0 Å². The fourth-order valence-electron chi connectivity index (χ4n) is 2.19. The molecule has 2 rings (SSSR count). The fourth-order valence-corrected chi connectivity index (χ4v) is 3.21. The molecule has 0 bridgehead atoms. The van der Waals surface area contributed by atoms with Crippen LogP contribution in [0.4, 0.5) is 5.69 Å². The molecule has 1 aliphatic heterocycles. The molecule has 1 saturated heterocycles. The van der Waals surface area contributed by atoms with Crippen LogP contribution < -0.4 is 4.90 Å². The Balaban J connectivity index is 2.49. The van der Waals surface area contributed by atoms with Crippen LogP contribution in [0.3, 0.4) is 0 Å². The van der Waals surface area contributed by atoms with Crippen molar-refractivity contribution in [3.8, 4) is 0 Å². The Morgan fingerprint density at radius 2 is 2.16 bits per heavy atom. The highest BCUT2D eigenvalue weighted by atomic mass is 32.2. The van der Waals surface area contributed by atoms with Gasteiger partial charge in [0.25, 0.3) is 10.1 Å². The maximum absolute atomic E-state index is 11.9. The molecule has 0 spiro atoms. The van der Waals surface area contributed by atoms with E-state index >= 15 is 0 Å². The Morgan fingerprint density at radius 1 is 1.47 bits per heavy atom. The van der Waals surface area contributed by atoms with E-state index in [9.17, 15) is 17.8 Å². The number of carbonyl (C=O) groups is 1. The van der Waals surface area contributed by atoms with Crippen molar-refractivity contribution >= 4 is 34.3 Å². The summed E-state index contributed by atoms with van der Waals surface area (Å²) in [6, 6.07) is 4.63. The van der Waals surface area contributed by atoms with E-state index < -0.39 is 10.1 Å². The van der Waals surface area contributed by atoms with E-state index in [1.165, 1.54) is 11.0 Å². The summed E-state index contributed by atoms with van der Waals surface area (Å²) in [7, 11) is -4.35. The second-order valence-electron chi connectivity index (χ2n) is 4.70. The second-order valence-corrected chi connectivity index (χ2v) is 6.46. The summed E-state index contributed by atoms with van der Waals surface area (Å²) >= 11 is 4.16. The van der Waals surface area contributed by atoms with Crippen LogP contribution in [-0.4, -0.2) is 31.2 Å². The lowest BCUT2D eigenvalue weighted by Crippen LogP contribution is -2.26. The second kappa shape index (κ2) is 5.15. The summed E-state index contributed by atoms with van der Waals surface area (Å²) in [4.78, 5) is 13.1. The van der Waals surface area contributed by atoms with Crippen molar-refractivity contribution in [3.63, 3.8) is 0 Å². The molecule has 1 aromatic rings. The Kier molecular flexibility index (Phi) is 3.89. The maximum atomic E-state index is 11.9.